The Morgan fingerprint density at radius 3 is 3.07 bits per heavy atom. The third-order valence-electron chi connectivity index (χ3n) is 2.12. The number of aromatic carboxylic acids is 1. The van der Waals surface area contributed by atoms with E-state index in [2.05, 4.69) is 5.10 Å². The lowest BCUT2D eigenvalue weighted by Gasteiger charge is -2.00. The fraction of sp³-hybridized carbons (Fsp3) is 0.200. The number of rotatable bonds is 3. The molecule has 0 saturated carbocycles. The molecule has 1 N–H and O–H groups in total. The Hall–Kier alpha value is -1.88. The number of fused-ring (bicyclic) bond motifs is 1. The molecule has 0 amide bonds. The van der Waals surface area contributed by atoms with Crippen LogP contribution in [0.5, 0.6) is 0 Å². The maximum Gasteiger partial charge on any atom is 0.339 e. The quantitative estimate of drug-likeness (QED) is 0.818. The number of hydrogen-bond donors (Lipinski definition) is 1. The lowest BCUT2D eigenvalue weighted by Crippen LogP contribution is -1.97. The first-order chi connectivity index (χ1) is 7.22. The van der Waals surface area contributed by atoms with E-state index in [1.54, 1.807) is 19.4 Å². The zero-order chi connectivity index (χ0) is 10.8. The molecule has 0 aromatic carbocycles. The van der Waals surface area contributed by atoms with Crippen LogP contribution in [0.25, 0.3) is 5.52 Å². The first-order valence-corrected chi connectivity index (χ1v) is 4.41. The molecule has 0 fully saturated rings. The van der Waals surface area contributed by atoms with E-state index >= 15 is 0 Å². The third kappa shape index (κ3) is 1.69. The third-order valence-corrected chi connectivity index (χ3v) is 2.12. The van der Waals surface area contributed by atoms with Crippen molar-refractivity contribution in [2.24, 2.45) is 0 Å². The summed E-state index contributed by atoms with van der Waals surface area (Å²) < 4.78 is 6.51. The Morgan fingerprint density at radius 2 is 2.40 bits per heavy atom. The molecule has 5 nitrogen and oxygen atoms in total. The predicted octanol–water partition coefficient (Wildman–Crippen LogP) is 1.18. The molecule has 5 heteroatoms. The number of aromatic nitrogens is 2. The smallest absolute Gasteiger partial charge is 0.339 e. The summed E-state index contributed by atoms with van der Waals surface area (Å²) in [5.41, 5.74) is 1.74. The van der Waals surface area contributed by atoms with E-state index in [-0.39, 0.29) is 5.56 Å². The van der Waals surface area contributed by atoms with Gasteiger partial charge >= 0.3 is 5.97 Å². The number of methoxy groups -OCH3 is 1. The first kappa shape index (κ1) is 9.67. The molecule has 0 aliphatic heterocycles. The Bertz CT molecular complexity index is 504. The van der Waals surface area contributed by atoms with Crippen molar-refractivity contribution in [2.75, 3.05) is 7.11 Å². The summed E-state index contributed by atoms with van der Waals surface area (Å²) in [4.78, 5) is 10.8. The molecule has 15 heavy (non-hydrogen) atoms. The van der Waals surface area contributed by atoms with E-state index in [0.717, 1.165) is 5.56 Å². The SMILES string of the molecule is COCc1ccc2c(C(=O)O)cnn2c1. The van der Waals surface area contributed by atoms with Gasteiger partial charge < -0.3 is 9.84 Å². The van der Waals surface area contributed by atoms with Crippen molar-refractivity contribution in [3.8, 4) is 0 Å². The van der Waals surface area contributed by atoms with E-state index in [0.29, 0.717) is 12.1 Å². The lowest BCUT2D eigenvalue weighted by molar-refractivity contribution is 0.0699. The van der Waals surface area contributed by atoms with Gasteiger partial charge in [0.2, 0.25) is 0 Å². The second-order valence-corrected chi connectivity index (χ2v) is 3.16. The van der Waals surface area contributed by atoms with Crippen LogP contribution in [-0.2, 0) is 11.3 Å². The van der Waals surface area contributed by atoms with Gasteiger partial charge in [-0.2, -0.15) is 5.10 Å². The molecule has 2 aromatic rings. The van der Waals surface area contributed by atoms with Gasteiger partial charge in [0.25, 0.3) is 0 Å². The fourth-order valence-electron chi connectivity index (χ4n) is 1.44. The average Bonchev–Trinajstić information content (AvgIpc) is 2.61. The normalized spacial score (nSPS) is 10.7. The van der Waals surface area contributed by atoms with Crippen molar-refractivity contribution in [1.82, 2.24) is 9.61 Å². The van der Waals surface area contributed by atoms with Crippen LogP contribution in [0.1, 0.15) is 15.9 Å². The molecule has 2 aromatic heterocycles. The van der Waals surface area contributed by atoms with Gasteiger partial charge in [0.05, 0.1) is 18.3 Å². The minimum Gasteiger partial charge on any atom is -0.478 e. The zero-order valence-electron chi connectivity index (χ0n) is 8.17. The van der Waals surface area contributed by atoms with Crippen LogP contribution in [0.3, 0.4) is 0 Å². The molecule has 0 aliphatic carbocycles. The monoisotopic (exact) mass is 206 g/mol. The number of carboxylic acids is 1. The second kappa shape index (κ2) is 3.70. The number of carboxylic acid groups (broad SMARTS) is 1. The summed E-state index contributed by atoms with van der Waals surface area (Å²) in [6.45, 7) is 0.484. The van der Waals surface area contributed by atoms with Crippen molar-refractivity contribution in [3.63, 3.8) is 0 Å². The molecule has 0 bridgehead atoms. The number of nitrogens with zero attached hydrogens (tertiary/aromatic N) is 2. The Morgan fingerprint density at radius 1 is 1.60 bits per heavy atom. The molecule has 0 unspecified atom stereocenters. The molecule has 0 atom stereocenters. The highest BCUT2D eigenvalue weighted by Crippen LogP contribution is 2.12. The Balaban J connectivity index is 2.51. The van der Waals surface area contributed by atoms with Crippen LogP contribution in [0.2, 0.25) is 0 Å². The van der Waals surface area contributed by atoms with Crippen LogP contribution in [0, 0.1) is 0 Å². The number of pyridine rings is 1. The highest BCUT2D eigenvalue weighted by atomic mass is 16.5. The topological polar surface area (TPSA) is 63.8 Å². The fourth-order valence-corrected chi connectivity index (χ4v) is 1.44. The standard InChI is InChI=1S/C10H10N2O3/c1-15-6-7-2-3-9-8(10(13)14)4-11-12(9)5-7/h2-5H,6H2,1H3,(H,13,14). The zero-order valence-corrected chi connectivity index (χ0v) is 8.17. The minimum absolute atomic E-state index is 0.207. The minimum atomic E-state index is -0.968. The molecule has 0 spiro atoms. The Kier molecular flexibility index (Phi) is 2.39. The summed E-state index contributed by atoms with van der Waals surface area (Å²) in [6.07, 6.45) is 3.10. The summed E-state index contributed by atoms with van der Waals surface area (Å²) in [6, 6.07) is 3.55. The molecule has 78 valence electrons. The number of ether oxygens (including phenoxy) is 1. The van der Waals surface area contributed by atoms with Gasteiger partial charge in [-0.3, -0.25) is 0 Å². The average molecular weight is 206 g/mol. The molecular formula is C10H10N2O3. The molecule has 2 heterocycles. The second-order valence-electron chi connectivity index (χ2n) is 3.16. The van der Waals surface area contributed by atoms with E-state index in [4.69, 9.17) is 9.84 Å². The van der Waals surface area contributed by atoms with Crippen LogP contribution in [-0.4, -0.2) is 27.8 Å². The Labute approximate surface area is 85.9 Å². The highest BCUT2D eigenvalue weighted by Gasteiger charge is 2.10. The van der Waals surface area contributed by atoms with E-state index in [1.165, 1.54) is 10.7 Å². The molecule has 2 rings (SSSR count). The van der Waals surface area contributed by atoms with Crippen LogP contribution in [0.15, 0.2) is 24.5 Å². The summed E-state index contributed by atoms with van der Waals surface area (Å²) in [5, 5.41) is 12.8. The van der Waals surface area contributed by atoms with Crippen molar-refractivity contribution < 1.29 is 14.6 Å². The number of carbonyl (C=O) groups is 1. The van der Waals surface area contributed by atoms with E-state index < -0.39 is 5.97 Å². The van der Waals surface area contributed by atoms with Crippen molar-refractivity contribution in [1.29, 1.82) is 0 Å². The summed E-state index contributed by atoms with van der Waals surface area (Å²) in [5.74, 6) is -0.968. The van der Waals surface area contributed by atoms with Crippen molar-refractivity contribution >= 4 is 11.5 Å². The van der Waals surface area contributed by atoms with Gasteiger partial charge in [-0.1, -0.05) is 6.07 Å². The summed E-state index contributed by atoms with van der Waals surface area (Å²) in [7, 11) is 1.61. The van der Waals surface area contributed by atoms with Gasteiger partial charge in [-0.25, -0.2) is 9.31 Å². The largest absolute Gasteiger partial charge is 0.478 e. The highest BCUT2D eigenvalue weighted by molar-refractivity contribution is 5.95. The predicted molar refractivity (Wildman–Crippen MR) is 52.9 cm³/mol. The lowest BCUT2D eigenvalue weighted by atomic mass is 10.2. The van der Waals surface area contributed by atoms with Gasteiger partial charge in [-0.05, 0) is 11.6 Å². The van der Waals surface area contributed by atoms with Gasteiger partial charge in [-0.15, -0.1) is 0 Å². The van der Waals surface area contributed by atoms with Gasteiger partial charge in [0.1, 0.15) is 5.56 Å². The van der Waals surface area contributed by atoms with Crippen LogP contribution < -0.4 is 0 Å². The first-order valence-electron chi connectivity index (χ1n) is 4.41. The number of hydrogen-bond acceptors (Lipinski definition) is 3. The maximum atomic E-state index is 10.8. The van der Waals surface area contributed by atoms with Crippen LogP contribution >= 0.6 is 0 Å². The molecule has 0 saturated heterocycles. The van der Waals surface area contributed by atoms with Crippen molar-refractivity contribution in [2.45, 2.75) is 6.61 Å². The van der Waals surface area contributed by atoms with Gasteiger partial charge in [0.15, 0.2) is 0 Å². The summed E-state index contributed by atoms with van der Waals surface area (Å²) >= 11 is 0. The van der Waals surface area contributed by atoms with Crippen LogP contribution in [0.4, 0.5) is 0 Å². The van der Waals surface area contributed by atoms with E-state index in [1.807, 2.05) is 6.07 Å². The molecule has 0 radical (unpaired) electrons. The van der Waals surface area contributed by atoms with E-state index in [9.17, 15) is 4.79 Å². The van der Waals surface area contributed by atoms with Crippen molar-refractivity contribution in [3.05, 3.63) is 35.7 Å². The van der Waals surface area contributed by atoms with Gasteiger partial charge in [0, 0.05) is 13.3 Å². The molecular weight excluding hydrogens is 196 g/mol. The maximum absolute atomic E-state index is 10.8. The molecule has 0 aliphatic rings.